The van der Waals surface area contributed by atoms with Gasteiger partial charge in [-0.15, -0.1) is 0 Å². The lowest BCUT2D eigenvalue weighted by Gasteiger charge is -2.18. The summed E-state index contributed by atoms with van der Waals surface area (Å²) in [5.41, 5.74) is 2.06. The van der Waals surface area contributed by atoms with Crippen molar-refractivity contribution < 1.29 is 14.3 Å². The molecule has 0 aliphatic rings. The van der Waals surface area contributed by atoms with Crippen molar-refractivity contribution in [3.8, 4) is 0 Å². The second-order valence-electron chi connectivity index (χ2n) is 4.91. The average Bonchev–Trinajstić information content (AvgIpc) is 2.45. The maximum absolute atomic E-state index is 11.9. The highest BCUT2D eigenvalue weighted by atomic mass is 16.5. The minimum Gasteiger partial charge on any atom is -0.469 e. The van der Waals surface area contributed by atoms with Crippen LogP contribution in [0.5, 0.6) is 0 Å². The monoisotopic (exact) mass is 277 g/mol. The largest absolute Gasteiger partial charge is 0.469 e. The molecule has 1 amide bonds. The molecule has 1 atom stereocenters. The van der Waals surface area contributed by atoms with E-state index in [0.29, 0.717) is 6.42 Å². The van der Waals surface area contributed by atoms with Gasteiger partial charge in [0.1, 0.15) is 0 Å². The second kappa shape index (κ2) is 8.35. The number of amides is 1. The van der Waals surface area contributed by atoms with Gasteiger partial charge in [-0.1, -0.05) is 43.2 Å². The highest BCUT2D eigenvalue weighted by molar-refractivity contribution is 5.78. The number of nitrogens with one attached hydrogen (secondary N) is 1. The van der Waals surface area contributed by atoms with E-state index >= 15 is 0 Å². The Bertz CT molecular complexity index is 440. The summed E-state index contributed by atoms with van der Waals surface area (Å²) in [7, 11) is 1.35. The van der Waals surface area contributed by atoms with Gasteiger partial charge in [-0.3, -0.25) is 9.59 Å². The zero-order chi connectivity index (χ0) is 15.0. The maximum Gasteiger partial charge on any atom is 0.307 e. The molecule has 0 aromatic heterocycles. The summed E-state index contributed by atoms with van der Waals surface area (Å²) >= 11 is 0. The van der Waals surface area contributed by atoms with Gasteiger partial charge in [-0.05, 0) is 18.9 Å². The van der Waals surface area contributed by atoms with Crippen molar-refractivity contribution in [2.75, 3.05) is 7.11 Å². The molecule has 0 heterocycles. The predicted molar refractivity (Wildman–Crippen MR) is 78.2 cm³/mol. The Morgan fingerprint density at radius 1 is 1.25 bits per heavy atom. The van der Waals surface area contributed by atoms with Gasteiger partial charge in [-0.25, -0.2) is 0 Å². The molecule has 0 fully saturated rings. The van der Waals surface area contributed by atoms with Gasteiger partial charge in [-0.2, -0.15) is 0 Å². The van der Waals surface area contributed by atoms with Crippen LogP contribution in [0.15, 0.2) is 24.3 Å². The molecule has 20 heavy (non-hydrogen) atoms. The fraction of sp³-hybridized carbons (Fsp3) is 0.500. The minimum atomic E-state index is -0.327. The number of hydrogen-bond acceptors (Lipinski definition) is 3. The molecule has 0 aliphatic carbocycles. The number of hydrogen-bond donors (Lipinski definition) is 1. The van der Waals surface area contributed by atoms with Crippen molar-refractivity contribution in [3.05, 3.63) is 35.4 Å². The normalized spacial score (nSPS) is 11.8. The first-order chi connectivity index (χ1) is 9.56. The van der Waals surface area contributed by atoms with E-state index in [4.69, 9.17) is 4.74 Å². The van der Waals surface area contributed by atoms with Crippen molar-refractivity contribution >= 4 is 11.9 Å². The van der Waals surface area contributed by atoms with Crippen LogP contribution in [0, 0.1) is 6.92 Å². The molecule has 0 unspecified atom stereocenters. The minimum absolute atomic E-state index is 0.0265. The Hall–Kier alpha value is -1.84. The summed E-state index contributed by atoms with van der Waals surface area (Å²) in [4.78, 5) is 23.3. The van der Waals surface area contributed by atoms with Crippen LogP contribution in [0.25, 0.3) is 0 Å². The Labute approximate surface area is 120 Å². The van der Waals surface area contributed by atoms with Crippen LogP contribution < -0.4 is 5.32 Å². The number of rotatable bonds is 7. The van der Waals surface area contributed by atoms with Crippen LogP contribution in [-0.2, 0) is 14.3 Å². The molecule has 110 valence electrons. The van der Waals surface area contributed by atoms with Crippen LogP contribution in [0.2, 0.25) is 0 Å². The van der Waals surface area contributed by atoms with Gasteiger partial charge in [0, 0.05) is 6.42 Å². The van der Waals surface area contributed by atoms with E-state index in [-0.39, 0.29) is 24.3 Å². The maximum atomic E-state index is 11.9. The van der Waals surface area contributed by atoms with E-state index in [1.54, 1.807) is 0 Å². The van der Waals surface area contributed by atoms with E-state index in [2.05, 4.69) is 5.32 Å². The van der Waals surface area contributed by atoms with Crippen molar-refractivity contribution in [2.24, 2.45) is 0 Å². The van der Waals surface area contributed by atoms with Crippen LogP contribution in [0.1, 0.15) is 49.8 Å². The molecule has 4 nitrogen and oxygen atoms in total. The Morgan fingerprint density at radius 2 is 1.90 bits per heavy atom. The molecular weight excluding hydrogens is 254 g/mol. The highest BCUT2D eigenvalue weighted by Crippen LogP contribution is 2.18. The molecular formula is C16H23NO3. The Balaban J connectivity index is 2.76. The summed E-state index contributed by atoms with van der Waals surface area (Å²) in [6, 6.07) is 7.48. The van der Waals surface area contributed by atoms with Gasteiger partial charge in [0.25, 0.3) is 0 Å². The lowest BCUT2D eigenvalue weighted by atomic mass is 10.0. The molecule has 0 saturated carbocycles. The van der Waals surface area contributed by atoms with Crippen molar-refractivity contribution in [3.63, 3.8) is 0 Å². The molecule has 0 radical (unpaired) electrons. The first-order valence-electron chi connectivity index (χ1n) is 6.99. The van der Waals surface area contributed by atoms with Crippen LogP contribution in [0.4, 0.5) is 0 Å². The van der Waals surface area contributed by atoms with Crippen LogP contribution >= 0.6 is 0 Å². The zero-order valence-electron chi connectivity index (χ0n) is 12.4. The molecule has 1 rings (SSSR count). The summed E-state index contributed by atoms with van der Waals surface area (Å²) in [6.07, 6.45) is 2.46. The molecule has 0 bridgehead atoms. The first-order valence-corrected chi connectivity index (χ1v) is 6.99. The number of methoxy groups -OCH3 is 1. The van der Waals surface area contributed by atoms with Gasteiger partial charge in [0.15, 0.2) is 0 Å². The van der Waals surface area contributed by atoms with E-state index in [1.165, 1.54) is 7.11 Å². The third-order valence-electron chi connectivity index (χ3n) is 3.17. The third-order valence-corrected chi connectivity index (χ3v) is 3.17. The molecule has 1 N–H and O–H groups in total. The lowest BCUT2D eigenvalue weighted by molar-refractivity contribution is -0.141. The average molecular weight is 277 g/mol. The molecule has 1 aromatic rings. The van der Waals surface area contributed by atoms with E-state index < -0.39 is 0 Å². The van der Waals surface area contributed by atoms with Crippen LogP contribution in [-0.4, -0.2) is 19.0 Å². The van der Waals surface area contributed by atoms with Gasteiger partial charge in [0.2, 0.25) is 5.91 Å². The topological polar surface area (TPSA) is 55.4 Å². The fourth-order valence-corrected chi connectivity index (χ4v) is 1.90. The summed E-state index contributed by atoms with van der Waals surface area (Å²) < 4.78 is 4.70. The SMILES string of the molecule is CCCCC(=O)N[C@H](CC(=O)OC)c1ccc(C)cc1. The number of esters is 1. The third kappa shape index (κ3) is 5.43. The van der Waals surface area contributed by atoms with E-state index in [0.717, 1.165) is 24.0 Å². The number of benzene rings is 1. The lowest BCUT2D eigenvalue weighted by Crippen LogP contribution is -2.30. The summed E-state index contributed by atoms with van der Waals surface area (Å²) in [5.74, 6) is -0.354. The number of unbranched alkanes of at least 4 members (excludes halogenated alkanes) is 1. The molecule has 4 heteroatoms. The number of aryl methyl sites for hydroxylation is 1. The van der Waals surface area contributed by atoms with Gasteiger partial charge < -0.3 is 10.1 Å². The molecule has 1 aromatic carbocycles. The van der Waals surface area contributed by atoms with E-state index in [1.807, 2.05) is 38.1 Å². The molecule has 0 spiro atoms. The number of carbonyl (C=O) groups is 2. The van der Waals surface area contributed by atoms with Crippen molar-refractivity contribution in [1.29, 1.82) is 0 Å². The first kappa shape index (κ1) is 16.2. The highest BCUT2D eigenvalue weighted by Gasteiger charge is 2.18. The number of carbonyl (C=O) groups excluding carboxylic acids is 2. The van der Waals surface area contributed by atoms with Gasteiger partial charge >= 0.3 is 5.97 Å². The smallest absolute Gasteiger partial charge is 0.307 e. The van der Waals surface area contributed by atoms with Crippen LogP contribution in [0.3, 0.4) is 0 Å². The molecule has 0 aliphatic heterocycles. The Kier molecular flexibility index (Phi) is 6.77. The zero-order valence-corrected chi connectivity index (χ0v) is 12.4. The van der Waals surface area contributed by atoms with Crippen molar-refractivity contribution in [1.82, 2.24) is 5.32 Å². The van der Waals surface area contributed by atoms with Gasteiger partial charge in [0.05, 0.1) is 19.6 Å². The summed E-state index contributed by atoms with van der Waals surface area (Å²) in [5, 5.41) is 2.91. The summed E-state index contributed by atoms with van der Waals surface area (Å²) in [6.45, 7) is 4.04. The predicted octanol–water partition coefficient (Wildman–Crippen LogP) is 2.91. The fourth-order valence-electron chi connectivity index (χ4n) is 1.90. The quantitative estimate of drug-likeness (QED) is 0.780. The van der Waals surface area contributed by atoms with E-state index in [9.17, 15) is 9.59 Å². The van der Waals surface area contributed by atoms with Crippen molar-refractivity contribution in [2.45, 2.75) is 45.6 Å². The second-order valence-corrected chi connectivity index (χ2v) is 4.91. The number of ether oxygens (including phenoxy) is 1. The standard InChI is InChI=1S/C16H23NO3/c1-4-5-6-15(18)17-14(11-16(19)20-3)13-9-7-12(2)8-10-13/h7-10,14H,4-6,11H2,1-3H3,(H,17,18)/t14-/m1/s1. The Morgan fingerprint density at radius 3 is 2.45 bits per heavy atom. The molecule has 0 saturated heterocycles.